The minimum Gasteiger partial charge on any atom is -0.550 e. The molecule has 0 saturated heterocycles. The Kier molecular flexibility index (Phi) is 14.1. The molecular weight excluding hydrogens is 230 g/mol. The first kappa shape index (κ1) is 19.7. The van der Waals surface area contributed by atoms with Gasteiger partial charge in [-0.15, -0.1) is 0 Å². The molecule has 0 aliphatic rings. The van der Waals surface area contributed by atoms with Crippen molar-refractivity contribution in [1.82, 2.24) is 0 Å². The van der Waals surface area contributed by atoms with E-state index in [9.17, 15) is 0 Å². The normalized spacial score (nSPS) is 10.7. The van der Waals surface area contributed by atoms with Gasteiger partial charge >= 0.3 is 0 Å². The molecule has 0 bridgehead atoms. The number of quaternary nitrogens is 1. The second-order valence-corrected chi connectivity index (χ2v) is 5.37. The Morgan fingerprint density at radius 2 is 1.50 bits per heavy atom. The highest BCUT2D eigenvalue weighted by atomic mass is 16.4. The molecule has 0 atom stereocenters. The second-order valence-electron chi connectivity index (χ2n) is 5.37. The molecule has 0 rings (SSSR count). The van der Waals surface area contributed by atoms with Crippen molar-refractivity contribution in [2.45, 2.75) is 52.4 Å². The molecule has 0 aromatic carbocycles. The van der Waals surface area contributed by atoms with E-state index in [0.29, 0.717) is 6.61 Å². The van der Waals surface area contributed by atoms with Gasteiger partial charge in [-0.3, -0.25) is 0 Å². The number of aliphatic hydroxyl groups is 1. The molecule has 4 heteroatoms. The largest absolute Gasteiger partial charge is 0.550 e. The van der Waals surface area contributed by atoms with Gasteiger partial charge in [-0.2, -0.15) is 0 Å². The first-order valence-electron chi connectivity index (χ1n) is 6.96. The first-order chi connectivity index (χ1) is 8.35. The SMILES string of the molecule is CC(=O)[O-].CCCCCCCC[N+](C)(C)CCO. The van der Waals surface area contributed by atoms with Gasteiger partial charge in [0, 0.05) is 5.97 Å². The highest BCUT2D eigenvalue weighted by Crippen LogP contribution is 2.07. The average molecular weight is 261 g/mol. The average Bonchev–Trinajstić information content (AvgIpc) is 2.22. The lowest BCUT2D eigenvalue weighted by Gasteiger charge is -2.28. The highest BCUT2D eigenvalue weighted by Gasteiger charge is 2.12. The number of carboxylic acids is 1. The molecule has 0 saturated carbocycles. The van der Waals surface area contributed by atoms with E-state index in [-0.39, 0.29) is 0 Å². The van der Waals surface area contributed by atoms with Crippen LogP contribution in [-0.4, -0.2) is 49.4 Å². The third kappa shape index (κ3) is 20.8. The fourth-order valence-electron chi connectivity index (χ4n) is 1.70. The van der Waals surface area contributed by atoms with Gasteiger partial charge in [-0.1, -0.05) is 32.6 Å². The van der Waals surface area contributed by atoms with Crippen LogP contribution in [0.25, 0.3) is 0 Å². The third-order valence-electron chi connectivity index (χ3n) is 2.82. The van der Waals surface area contributed by atoms with Gasteiger partial charge < -0.3 is 19.5 Å². The molecule has 0 aromatic heterocycles. The number of carbonyl (C=O) groups excluding carboxylic acids is 1. The predicted molar refractivity (Wildman–Crippen MR) is 73.0 cm³/mol. The lowest BCUT2D eigenvalue weighted by molar-refractivity contribution is -0.890. The summed E-state index contributed by atoms with van der Waals surface area (Å²) in [5.74, 6) is -1.08. The maximum absolute atomic E-state index is 8.89. The van der Waals surface area contributed by atoms with Crippen LogP contribution in [0.4, 0.5) is 0 Å². The number of rotatable bonds is 9. The second kappa shape index (κ2) is 12.8. The fraction of sp³-hybridized carbons (Fsp3) is 0.929. The van der Waals surface area contributed by atoms with Crippen LogP contribution >= 0.6 is 0 Å². The number of likely N-dealkylation sites (N-methyl/N-ethyl adjacent to an activating group) is 1. The van der Waals surface area contributed by atoms with E-state index in [2.05, 4.69) is 21.0 Å². The Bertz CT molecular complexity index is 189. The zero-order valence-electron chi connectivity index (χ0n) is 12.6. The first-order valence-corrected chi connectivity index (χ1v) is 6.96. The Labute approximate surface area is 112 Å². The summed E-state index contributed by atoms with van der Waals surface area (Å²) in [6.07, 6.45) is 8.14. The molecule has 110 valence electrons. The molecule has 0 aromatic rings. The van der Waals surface area contributed by atoms with Crippen molar-refractivity contribution >= 4 is 5.97 Å². The molecule has 0 spiro atoms. The standard InChI is InChI=1S/C12H28NO.C2H4O2/c1-4-5-6-7-8-9-10-13(2,3)11-12-14;1-2(3)4/h14H,4-12H2,1-3H3;1H3,(H,3,4)/q+1;/p-1. The number of unbranched alkanes of at least 4 members (excludes halogenated alkanes) is 5. The van der Waals surface area contributed by atoms with Crippen LogP contribution in [0.1, 0.15) is 52.4 Å². The van der Waals surface area contributed by atoms with Crippen LogP contribution in [0.3, 0.4) is 0 Å². The number of carbonyl (C=O) groups is 1. The van der Waals surface area contributed by atoms with E-state index in [0.717, 1.165) is 18.0 Å². The van der Waals surface area contributed by atoms with Gasteiger partial charge in [0.1, 0.15) is 6.54 Å². The molecule has 1 N–H and O–H groups in total. The Hall–Kier alpha value is -0.610. The van der Waals surface area contributed by atoms with Crippen molar-refractivity contribution in [3.05, 3.63) is 0 Å². The van der Waals surface area contributed by atoms with Crippen LogP contribution in [0.5, 0.6) is 0 Å². The van der Waals surface area contributed by atoms with Gasteiger partial charge in [0.2, 0.25) is 0 Å². The number of hydrogen-bond acceptors (Lipinski definition) is 3. The van der Waals surface area contributed by atoms with Crippen LogP contribution in [-0.2, 0) is 4.79 Å². The van der Waals surface area contributed by atoms with Crippen molar-refractivity contribution in [3.8, 4) is 0 Å². The Morgan fingerprint density at radius 1 is 1.06 bits per heavy atom. The molecule has 0 aliphatic heterocycles. The summed E-state index contributed by atoms with van der Waals surface area (Å²) in [7, 11) is 4.39. The van der Waals surface area contributed by atoms with Gasteiger partial charge in [0.25, 0.3) is 0 Å². The zero-order valence-corrected chi connectivity index (χ0v) is 12.6. The van der Waals surface area contributed by atoms with E-state index < -0.39 is 5.97 Å². The minimum atomic E-state index is -1.08. The lowest BCUT2D eigenvalue weighted by atomic mass is 10.1. The summed E-state index contributed by atoms with van der Waals surface area (Å²) in [4.78, 5) is 8.89. The Balaban J connectivity index is 0. The molecule has 0 aliphatic carbocycles. The van der Waals surface area contributed by atoms with E-state index in [1.165, 1.54) is 45.1 Å². The van der Waals surface area contributed by atoms with Gasteiger partial charge in [-0.25, -0.2) is 0 Å². The van der Waals surface area contributed by atoms with E-state index in [1.54, 1.807) is 0 Å². The summed E-state index contributed by atoms with van der Waals surface area (Å²) in [5.41, 5.74) is 0. The lowest BCUT2D eigenvalue weighted by Crippen LogP contribution is -2.42. The maximum atomic E-state index is 8.89. The quantitative estimate of drug-likeness (QED) is 0.501. The molecule has 0 heterocycles. The number of nitrogens with zero attached hydrogens (tertiary/aromatic N) is 1. The molecule has 0 fully saturated rings. The van der Waals surface area contributed by atoms with E-state index in [1.807, 2.05) is 0 Å². The Morgan fingerprint density at radius 3 is 1.94 bits per heavy atom. The molecule has 4 nitrogen and oxygen atoms in total. The molecule has 0 unspecified atom stereocenters. The van der Waals surface area contributed by atoms with Crippen LogP contribution in [0, 0.1) is 0 Å². The van der Waals surface area contributed by atoms with Gasteiger partial charge in [0.15, 0.2) is 0 Å². The summed E-state index contributed by atoms with van der Waals surface area (Å²) >= 11 is 0. The predicted octanol–water partition coefficient (Wildman–Crippen LogP) is 1.17. The number of hydrogen-bond donors (Lipinski definition) is 1. The zero-order chi connectivity index (χ0) is 14.4. The highest BCUT2D eigenvalue weighted by molar-refractivity contribution is 5.60. The van der Waals surface area contributed by atoms with E-state index in [4.69, 9.17) is 15.0 Å². The smallest absolute Gasteiger partial charge is 0.102 e. The third-order valence-corrected chi connectivity index (χ3v) is 2.82. The number of carboxylic acid groups (broad SMARTS) is 1. The number of aliphatic hydroxyl groups excluding tert-OH is 1. The molecule has 18 heavy (non-hydrogen) atoms. The fourth-order valence-corrected chi connectivity index (χ4v) is 1.70. The van der Waals surface area contributed by atoms with Crippen LogP contribution in [0.15, 0.2) is 0 Å². The van der Waals surface area contributed by atoms with E-state index >= 15 is 0 Å². The van der Waals surface area contributed by atoms with Crippen molar-refractivity contribution in [1.29, 1.82) is 0 Å². The van der Waals surface area contributed by atoms with Gasteiger partial charge in [0.05, 0.1) is 27.2 Å². The van der Waals surface area contributed by atoms with Crippen LogP contribution in [0.2, 0.25) is 0 Å². The van der Waals surface area contributed by atoms with Crippen molar-refractivity contribution < 1.29 is 19.5 Å². The minimum absolute atomic E-state index is 0.308. The summed E-state index contributed by atoms with van der Waals surface area (Å²) in [5, 5.41) is 17.7. The monoisotopic (exact) mass is 261 g/mol. The molecule has 0 amide bonds. The van der Waals surface area contributed by atoms with Crippen LogP contribution < -0.4 is 5.11 Å². The molecular formula is C14H31NO3. The number of aliphatic carboxylic acids is 1. The van der Waals surface area contributed by atoms with Crippen molar-refractivity contribution in [2.75, 3.05) is 33.8 Å². The summed E-state index contributed by atoms with van der Waals surface area (Å²) < 4.78 is 0.963. The summed E-state index contributed by atoms with van der Waals surface area (Å²) in [6, 6.07) is 0. The maximum Gasteiger partial charge on any atom is 0.102 e. The van der Waals surface area contributed by atoms with Crippen molar-refractivity contribution in [2.24, 2.45) is 0 Å². The van der Waals surface area contributed by atoms with Gasteiger partial charge in [-0.05, 0) is 19.8 Å². The summed E-state index contributed by atoms with van der Waals surface area (Å²) in [6.45, 7) is 5.62. The van der Waals surface area contributed by atoms with Crippen molar-refractivity contribution in [3.63, 3.8) is 0 Å². The topological polar surface area (TPSA) is 60.4 Å². The molecule has 0 radical (unpaired) electrons.